The molecule has 3 heteroatoms. The molecule has 0 radical (unpaired) electrons. The minimum Gasteiger partial charge on any atom is -0.481 e. The Morgan fingerprint density at radius 2 is 2.00 bits per heavy atom. The van der Waals surface area contributed by atoms with Crippen molar-refractivity contribution in [3.63, 3.8) is 0 Å². The van der Waals surface area contributed by atoms with E-state index < -0.39 is 42.1 Å². The molecule has 1 unspecified atom stereocenters. The van der Waals surface area contributed by atoms with E-state index in [1.54, 1.807) is 12.1 Å². The average Bonchev–Trinajstić information content (AvgIpc) is 2.54. The van der Waals surface area contributed by atoms with Crippen molar-refractivity contribution >= 4 is 5.97 Å². The van der Waals surface area contributed by atoms with E-state index >= 15 is 0 Å². The summed E-state index contributed by atoms with van der Waals surface area (Å²) in [5, 5.41) is 9.04. The Morgan fingerprint density at radius 1 is 1.28 bits per heavy atom. The Labute approximate surface area is 113 Å². The van der Waals surface area contributed by atoms with Crippen molar-refractivity contribution < 1.29 is 21.5 Å². The monoisotopic (exact) mass is 247 g/mol. The first-order valence-electron chi connectivity index (χ1n) is 7.81. The summed E-state index contributed by atoms with van der Waals surface area (Å²) in [5.41, 5.74) is 0.488. The van der Waals surface area contributed by atoms with Crippen LogP contribution in [0, 0.1) is 0 Å². The van der Waals surface area contributed by atoms with Crippen molar-refractivity contribution in [3.8, 4) is 11.5 Å². The lowest BCUT2D eigenvalue weighted by molar-refractivity contribution is -0.138. The van der Waals surface area contributed by atoms with Gasteiger partial charge >= 0.3 is 5.97 Å². The summed E-state index contributed by atoms with van der Waals surface area (Å²) in [6.07, 6.45) is 0. The first-order valence-corrected chi connectivity index (χ1v) is 5.31. The molecule has 3 nitrogen and oxygen atoms in total. The third kappa shape index (κ3) is 2.88. The molecule has 0 heterocycles. The molecule has 1 atom stereocenters. The van der Waals surface area contributed by atoms with Gasteiger partial charge in [-0.05, 0) is 36.7 Å². The van der Waals surface area contributed by atoms with Gasteiger partial charge in [-0.25, -0.2) is 0 Å². The number of aliphatic carboxylic acids is 1. The maximum absolute atomic E-state index is 11.0. The highest BCUT2D eigenvalue weighted by atomic mass is 16.5. The van der Waals surface area contributed by atoms with Crippen LogP contribution in [0.2, 0.25) is 0 Å². The minimum absolute atomic E-state index is 0.203. The van der Waals surface area contributed by atoms with E-state index in [-0.39, 0.29) is 11.5 Å². The summed E-state index contributed by atoms with van der Waals surface area (Å²) in [6.45, 7) is 1.52. The molecular formula is C15H14O3. The van der Waals surface area contributed by atoms with E-state index in [4.69, 9.17) is 16.7 Å². The van der Waals surface area contributed by atoms with Gasteiger partial charge in [0, 0.05) is 0 Å². The standard InChI is InChI=1S/C15H14O3/c1-11(15(16)17)12-6-5-9-14(10-12)18-13-7-3-2-4-8-13/h2-11H,1H3,(H,16,17)/i2D,3D,4D,7D,8D. The number of carbonyl (C=O) groups is 1. The van der Waals surface area contributed by atoms with Gasteiger partial charge < -0.3 is 9.84 Å². The van der Waals surface area contributed by atoms with E-state index in [0.29, 0.717) is 5.56 Å². The summed E-state index contributed by atoms with van der Waals surface area (Å²) < 4.78 is 43.8. The van der Waals surface area contributed by atoms with Crippen molar-refractivity contribution in [1.82, 2.24) is 0 Å². The van der Waals surface area contributed by atoms with Crippen molar-refractivity contribution in [2.24, 2.45) is 0 Å². The molecule has 0 spiro atoms. The Kier molecular flexibility index (Phi) is 2.15. The number of carboxylic acid groups (broad SMARTS) is 1. The smallest absolute Gasteiger partial charge is 0.310 e. The van der Waals surface area contributed by atoms with Crippen LogP contribution in [0.1, 0.15) is 25.3 Å². The molecule has 2 rings (SSSR count). The van der Waals surface area contributed by atoms with Crippen LogP contribution < -0.4 is 4.74 Å². The molecule has 18 heavy (non-hydrogen) atoms. The highest BCUT2D eigenvalue weighted by molar-refractivity contribution is 5.75. The number of ether oxygens (including phenoxy) is 1. The highest BCUT2D eigenvalue weighted by Gasteiger charge is 2.13. The second kappa shape index (κ2) is 5.36. The lowest BCUT2D eigenvalue weighted by Gasteiger charge is -2.10. The Hall–Kier alpha value is -2.29. The van der Waals surface area contributed by atoms with Crippen molar-refractivity contribution in [3.05, 3.63) is 60.0 Å². The zero-order chi connectivity index (χ0) is 17.3. The minimum atomic E-state index is -0.995. The summed E-state index contributed by atoms with van der Waals surface area (Å²) in [6, 6.07) is 3.82. The third-order valence-electron chi connectivity index (χ3n) is 2.43. The molecule has 0 aliphatic carbocycles. The number of benzene rings is 2. The van der Waals surface area contributed by atoms with Gasteiger partial charge in [0.05, 0.1) is 12.8 Å². The maximum Gasteiger partial charge on any atom is 0.310 e. The number of hydrogen-bond acceptors (Lipinski definition) is 2. The molecule has 0 saturated carbocycles. The van der Waals surface area contributed by atoms with Gasteiger partial charge in [0.1, 0.15) is 11.5 Å². The predicted octanol–water partition coefficient (Wildman–Crippen LogP) is 3.67. The zero-order valence-electron chi connectivity index (χ0n) is 14.7. The fraction of sp³-hybridized carbons (Fsp3) is 0.133. The summed E-state index contributed by atoms with van der Waals surface area (Å²) >= 11 is 0. The highest BCUT2D eigenvalue weighted by Crippen LogP contribution is 2.25. The SMILES string of the molecule is [2H]c1c([2H])c([2H])c(Oc2cccc(C(C)C(=O)O)c2)c([2H])c1[2H]. The topological polar surface area (TPSA) is 46.5 Å². The Bertz CT molecular complexity index is 747. The second-order valence-corrected chi connectivity index (χ2v) is 3.69. The molecule has 0 amide bonds. The summed E-state index contributed by atoms with van der Waals surface area (Å²) in [5.74, 6) is -1.84. The average molecular weight is 247 g/mol. The van der Waals surface area contributed by atoms with Gasteiger partial charge in [-0.1, -0.05) is 30.3 Å². The van der Waals surface area contributed by atoms with E-state index in [0.717, 1.165) is 0 Å². The lowest BCUT2D eigenvalue weighted by atomic mass is 10.0. The van der Waals surface area contributed by atoms with Crippen LogP contribution in [0.25, 0.3) is 0 Å². The van der Waals surface area contributed by atoms with Crippen LogP contribution in [0.15, 0.2) is 54.5 Å². The first-order chi connectivity index (χ1) is 10.7. The third-order valence-corrected chi connectivity index (χ3v) is 2.43. The first kappa shape index (κ1) is 7.21. The van der Waals surface area contributed by atoms with Crippen LogP contribution in [0.5, 0.6) is 11.5 Å². The zero-order valence-corrected chi connectivity index (χ0v) is 9.65. The van der Waals surface area contributed by atoms with Crippen LogP contribution in [-0.4, -0.2) is 11.1 Å². The molecule has 0 fully saturated rings. The van der Waals surface area contributed by atoms with Crippen LogP contribution in [0.3, 0.4) is 0 Å². The van der Waals surface area contributed by atoms with Gasteiger partial charge in [0.25, 0.3) is 0 Å². The Balaban J connectivity index is 2.45. The van der Waals surface area contributed by atoms with Crippen LogP contribution in [0.4, 0.5) is 0 Å². The van der Waals surface area contributed by atoms with Crippen LogP contribution in [-0.2, 0) is 4.79 Å². The number of hydrogen-bond donors (Lipinski definition) is 1. The summed E-state index contributed by atoms with van der Waals surface area (Å²) in [4.78, 5) is 11.0. The normalized spacial score (nSPS) is 15.7. The van der Waals surface area contributed by atoms with Crippen LogP contribution >= 0.6 is 0 Å². The molecule has 0 aliphatic heterocycles. The van der Waals surface area contributed by atoms with E-state index in [2.05, 4.69) is 0 Å². The summed E-state index contributed by atoms with van der Waals surface area (Å²) in [7, 11) is 0. The molecule has 0 aliphatic rings. The second-order valence-electron chi connectivity index (χ2n) is 3.69. The lowest BCUT2D eigenvalue weighted by Crippen LogP contribution is -2.07. The van der Waals surface area contributed by atoms with E-state index in [1.807, 2.05) is 0 Å². The molecule has 2 aromatic rings. The molecule has 1 N–H and O–H groups in total. The number of carboxylic acids is 1. The Morgan fingerprint density at radius 3 is 2.67 bits per heavy atom. The molecule has 92 valence electrons. The van der Waals surface area contributed by atoms with Crippen molar-refractivity contribution in [1.29, 1.82) is 0 Å². The van der Waals surface area contributed by atoms with Gasteiger partial charge in [-0.3, -0.25) is 4.79 Å². The van der Waals surface area contributed by atoms with Gasteiger partial charge in [-0.15, -0.1) is 0 Å². The van der Waals surface area contributed by atoms with Gasteiger partial charge in [-0.2, -0.15) is 0 Å². The number of para-hydroxylation sites is 1. The molecular weight excluding hydrogens is 228 g/mol. The molecule has 0 aromatic heterocycles. The van der Waals surface area contributed by atoms with E-state index in [9.17, 15) is 4.79 Å². The van der Waals surface area contributed by atoms with Crippen molar-refractivity contribution in [2.45, 2.75) is 12.8 Å². The molecule has 0 saturated heterocycles. The van der Waals surface area contributed by atoms with Gasteiger partial charge in [0.15, 0.2) is 0 Å². The van der Waals surface area contributed by atoms with Gasteiger partial charge in [0.2, 0.25) is 0 Å². The molecule has 0 bridgehead atoms. The predicted molar refractivity (Wildman–Crippen MR) is 69.0 cm³/mol. The molecule has 2 aromatic carbocycles. The fourth-order valence-corrected chi connectivity index (χ4v) is 1.40. The largest absolute Gasteiger partial charge is 0.481 e. The maximum atomic E-state index is 11.0. The van der Waals surface area contributed by atoms with Crippen molar-refractivity contribution in [2.75, 3.05) is 0 Å². The van der Waals surface area contributed by atoms with E-state index in [1.165, 1.54) is 19.1 Å². The number of rotatable bonds is 4. The quantitative estimate of drug-likeness (QED) is 0.896. The fourth-order valence-electron chi connectivity index (χ4n) is 1.40.